The molecule has 2 fully saturated rings. The highest BCUT2D eigenvalue weighted by Crippen LogP contribution is 2.24. The molecule has 2 aliphatic rings. The number of nitrogens with one attached hydrogen (secondary N) is 1. The van der Waals surface area contributed by atoms with Gasteiger partial charge in [-0.3, -0.25) is 9.69 Å². The molecular weight excluding hydrogens is 342 g/mol. The lowest BCUT2D eigenvalue weighted by Crippen LogP contribution is -2.45. The van der Waals surface area contributed by atoms with E-state index >= 15 is 0 Å². The first-order chi connectivity index (χ1) is 12.8. The predicted octanol–water partition coefficient (Wildman–Crippen LogP) is 4.01. The molecule has 2 aliphatic heterocycles. The predicted molar refractivity (Wildman–Crippen MR) is 107 cm³/mol. The van der Waals surface area contributed by atoms with Gasteiger partial charge < -0.3 is 15.0 Å². The van der Waals surface area contributed by atoms with Crippen molar-refractivity contribution in [3.05, 3.63) is 24.3 Å². The number of hydrogen-bond acceptors (Lipinski definition) is 4. The van der Waals surface area contributed by atoms with Gasteiger partial charge in [-0.2, -0.15) is 0 Å². The van der Waals surface area contributed by atoms with E-state index in [9.17, 15) is 9.59 Å². The molecule has 0 aromatic heterocycles. The minimum absolute atomic E-state index is 0.149. The summed E-state index contributed by atoms with van der Waals surface area (Å²) in [5.41, 5.74) is 1.39. The standard InChI is InChI=1S/C21H31N3O3/c1-21(2,3)27-20(26)24-15-7-8-18(24)19(25)22-16-9-11-17(12-10-16)23-13-5-4-6-14-23/h9-12,18H,4-8,13-15H2,1-3H3,(H,22,25). The van der Waals surface area contributed by atoms with E-state index in [1.165, 1.54) is 24.9 Å². The summed E-state index contributed by atoms with van der Waals surface area (Å²) in [6.45, 7) is 8.25. The molecule has 1 N–H and O–H groups in total. The average Bonchev–Trinajstić information content (AvgIpc) is 3.12. The van der Waals surface area contributed by atoms with Crippen LogP contribution in [0.15, 0.2) is 24.3 Å². The third-order valence-corrected chi connectivity index (χ3v) is 5.04. The molecule has 6 heteroatoms. The van der Waals surface area contributed by atoms with E-state index in [-0.39, 0.29) is 5.91 Å². The lowest BCUT2D eigenvalue weighted by molar-refractivity contribution is -0.120. The molecule has 0 radical (unpaired) electrons. The van der Waals surface area contributed by atoms with Crippen molar-refractivity contribution in [2.75, 3.05) is 29.9 Å². The van der Waals surface area contributed by atoms with Gasteiger partial charge in [0.2, 0.25) is 5.91 Å². The normalized spacial score (nSPS) is 20.5. The van der Waals surface area contributed by atoms with E-state index in [2.05, 4.69) is 22.3 Å². The summed E-state index contributed by atoms with van der Waals surface area (Å²) in [5, 5.41) is 2.95. The first-order valence-corrected chi connectivity index (χ1v) is 9.99. The Kier molecular flexibility index (Phi) is 5.92. The van der Waals surface area contributed by atoms with Gasteiger partial charge >= 0.3 is 6.09 Å². The molecule has 1 aromatic carbocycles. The highest BCUT2D eigenvalue weighted by Gasteiger charge is 2.36. The van der Waals surface area contributed by atoms with Crippen molar-refractivity contribution in [3.63, 3.8) is 0 Å². The summed E-state index contributed by atoms with van der Waals surface area (Å²) in [6.07, 6.45) is 4.84. The number of hydrogen-bond donors (Lipinski definition) is 1. The SMILES string of the molecule is CC(C)(C)OC(=O)N1CCCC1C(=O)Nc1ccc(N2CCCCC2)cc1. The minimum Gasteiger partial charge on any atom is -0.444 e. The zero-order valence-corrected chi connectivity index (χ0v) is 16.7. The average molecular weight is 373 g/mol. The fourth-order valence-corrected chi connectivity index (χ4v) is 3.71. The molecule has 2 saturated heterocycles. The van der Waals surface area contributed by atoms with Crippen molar-refractivity contribution in [3.8, 4) is 0 Å². The topological polar surface area (TPSA) is 61.9 Å². The van der Waals surface area contributed by atoms with Crippen molar-refractivity contribution < 1.29 is 14.3 Å². The fourth-order valence-electron chi connectivity index (χ4n) is 3.71. The number of nitrogens with zero attached hydrogens (tertiary/aromatic N) is 2. The number of anilines is 2. The van der Waals surface area contributed by atoms with Crippen LogP contribution in [0.25, 0.3) is 0 Å². The number of likely N-dealkylation sites (tertiary alicyclic amines) is 1. The maximum absolute atomic E-state index is 12.7. The van der Waals surface area contributed by atoms with Crippen LogP contribution in [-0.4, -0.2) is 48.2 Å². The molecule has 1 unspecified atom stereocenters. The maximum Gasteiger partial charge on any atom is 0.410 e. The second kappa shape index (κ2) is 8.19. The largest absolute Gasteiger partial charge is 0.444 e. The molecule has 2 heterocycles. The molecule has 0 aliphatic carbocycles. The van der Waals surface area contributed by atoms with E-state index in [0.717, 1.165) is 25.2 Å². The Morgan fingerprint density at radius 1 is 1.00 bits per heavy atom. The molecule has 0 bridgehead atoms. The number of piperidine rings is 1. The lowest BCUT2D eigenvalue weighted by Gasteiger charge is -2.29. The van der Waals surface area contributed by atoms with Crippen LogP contribution < -0.4 is 10.2 Å². The van der Waals surface area contributed by atoms with Gasteiger partial charge in [-0.05, 0) is 77.1 Å². The summed E-state index contributed by atoms with van der Waals surface area (Å²) in [5.74, 6) is -0.149. The van der Waals surface area contributed by atoms with E-state index in [1.807, 2.05) is 32.9 Å². The van der Waals surface area contributed by atoms with Crippen LogP contribution in [0.5, 0.6) is 0 Å². The number of benzene rings is 1. The van der Waals surface area contributed by atoms with Gasteiger partial charge in [0, 0.05) is 31.0 Å². The Morgan fingerprint density at radius 2 is 1.67 bits per heavy atom. The molecule has 1 atom stereocenters. The monoisotopic (exact) mass is 373 g/mol. The quantitative estimate of drug-likeness (QED) is 0.869. The maximum atomic E-state index is 12.7. The molecule has 3 rings (SSSR count). The summed E-state index contributed by atoms with van der Waals surface area (Å²) in [4.78, 5) is 29.0. The molecule has 2 amide bonds. The number of ether oxygens (including phenoxy) is 1. The molecule has 0 spiro atoms. The molecule has 27 heavy (non-hydrogen) atoms. The molecule has 0 saturated carbocycles. The Morgan fingerprint density at radius 3 is 2.30 bits per heavy atom. The Hall–Kier alpha value is -2.24. The van der Waals surface area contributed by atoms with E-state index < -0.39 is 17.7 Å². The molecular formula is C21H31N3O3. The van der Waals surface area contributed by atoms with Crippen LogP contribution in [0.4, 0.5) is 16.2 Å². The van der Waals surface area contributed by atoms with Crippen molar-refractivity contribution in [1.29, 1.82) is 0 Å². The summed E-state index contributed by atoms with van der Waals surface area (Å²) < 4.78 is 5.44. The van der Waals surface area contributed by atoms with Crippen LogP contribution in [0, 0.1) is 0 Å². The summed E-state index contributed by atoms with van der Waals surface area (Å²) in [6, 6.07) is 7.52. The highest BCUT2D eigenvalue weighted by atomic mass is 16.6. The Labute approximate surface area is 161 Å². The Bertz CT molecular complexity index is 660. The number of carbonyl (C=O) groups excluding carboxylic acids is 2. The summed E-state index contributed by atoms with van der Waals surface area (Å²) >= 11 is 0. The van der Waals surface area contributed by atoms with Crippen molar-refractivity contribution in [2.45, 2.75) is 64.5 Å². The number of amides is 2. The van der Waals surface area contributed by atoms with Crippen molar-refractivity contribution >= 4 is 23.4 Å². The van der Waals surface area contributed by atoms with Crippen LogP contribution in [-0.2, 0) is 9.53 Å². The fraction of sp³-hybridized carbons (Fsp3) is 0.619. The van der Waals surface area contributed by atoms with E-state index in [4.69, 9.17) is 4.74 Å². The van der Waals surface area contributed by atoms with Gasteiger partial charge in [-0.1, -0.05) is 0 Å². The third-order valence-electron chi connectivity index (χ3n) is 5.04. The van der Waals surface area contributed by atoms with Crippen molar-refractivity contribution in [1.82, 2.24) is 4.90 Å². The lowest BCUT2D eigenvalue weighted by atomic mass is 10.1. The zero-order chi connectivity index (χ0) is 19.4. The van der Waals surface area contributed by atoms with Crippen LogP contribution >= 0.6 is 0 Å². The van der Waals surface area contributed by atoms with Gasteiger partial charge in [-0.25, -0.2) is 4.79 Å². The molecule has 6 nitrogen and oxygen atoms in total. The highest BCUT2D eigenvalue weighted by molar-refractivity contribution is 5.97. The molecule has 148 valence electrons. The van der Waals surface area contributed by atoms with Gasteiger partial charge in [0.1, 0.15) is 11.6 Å². The van der Waals surface area contributed by atoms with Gasteiger partial charge in [0.25, 0.3) is 0 Å². The summed E-state index contributed by atoms with van der Waals surface area (Å²) in [7, 11) is 0. The first kappa shape index (κ1) is 19.5. The first-order valence-electron chi connectivity index (χ1n) is 9.99. The smallest absolute Gasteiger partial charge is 0.410 e. The number of rotatable bonds is 3. The second-order valence-electron chi connectivity index (χ2n) is 8.42. The van der Waals surface area contributed by atoms with Gasteiger partial charge in [0.15, 0.2) is 0 Å². The van der Waals surface area contributed by atoms with Gasteiger partial charge in [-0.15, -0.1) is 0 Å². The second-order valence-corrected chi connectivity index (χ2v) is 8.42. The zero-order valence-electron chi connectivity index (χ0n) is 16.7. The van der Waals surface area contributed by atoms with E-state index in [1.54, 1.807) is 4.90 Å². The van der Waals surface area contributed by atoms with Gasteiger partial charge in [0.05, 0.1) is 0 Å². The number of carbonyl (C=O) groups is 2. The van der Waals surface area contributed by atoms with Crippen LogP contribution in [0.2, 0.25) is 0 Å². The minimum atomic E-state index is -0.565. The van der Waals surface area contributed by atoms with Crippen molar-refractivity contribution in [2.24, 2.45) is 0 Å². The van der Waals surface area contributed by atoms with Crippen LogP contribution in [0.3, 0.4) is 0 Å². The third kappa shape index (κ3) is 5.15. The van der Waals surface area contributed by atoms with Crippen LogP contribution in [0.1, 0.15) is 52.9 Å². The molecule has 1 aromatic rings. The Balaban J connectivity index is 1.59. The van der Waals surface area contributed by atoms with E-state index in [0.29, 0.717) is 13.0 Å².